The molecule has 114 valence electrons. The number of nitrogens with zero attached hydrogens (tertiary/aromatic N) is 2. The first-order valence-electron chi connectivity index (χ1n) is 5.26. The zero-order chi connectivity index (χ0) is 15.7. The Bertz CT molecular complexity index is 460. The summed E-state index contributed by atoms with van der Waals surface area (Å²) in [6.07, 6.45) is -15.1. The van der Waals surface area contributed by atoms with Crippen LogP contribution in [0.25, 0.3) is 0 Å². The lowest BCUT2D eigenvalue weighted by atomic mass is 10.2. The van der Waals surface area contributed by atoms with Gasteiger partial charge in [0.05, 0.1) is 0 Å². The van der Waals surface area contributed by atoms with Crippen LogP contribution in [0.3, 0.4) is 0 Å². The van der Waals surface area contributed by atoms with Crippen molar-refractivity contribution in [3.8, 4) is 5.88 Å². The summed E-state index contributed by atoms with van der Waals surface area (Å²) in [4.78, 5) is 7.36. The zero-order valence-electron chi connectivity index (χ0n) is 10.2. The fourth-order valence-electron chi connectivity index (χ4n) is 1.17. The van der Waals surface area contributed by atoms with Crippen LogP contribution in [0.2, 0.25) is 0 Å². The van der Waals surface area contributed by atoms with Crippen molar-refractivity contribution in [1.82, 2.24) is 9.97 Å². The molecule has 10 heteroatoms. The summed E-state index contributed by atoms with van der Waals surface area (Å²) in [6.45, 7) is 3.27. The zero-order valence-corrected chi connectivity index (χ0v) is 11.8. The van der Waals surface area contributed by atoms with Gasteiger partial charge in [-0.15, -0.1) is 0 Å². The van der Waals surface area contributed by atoms with E-state index in [4.69, 9.17) is 0 Å². The SMILES string of the molecule is CC(C)c1nc(Br)cc(OC(C(F)(F)F)C(F)(F)F)n1. The largest absolute Gasteiger partial charge is 0.455 e. The molecule has 0 atom stereocenters. The molecule has 0 fully saturated rings. The Hall–Kier alpha value is -1.06. The fourth-order valence-corrected chi connectivity index (χ4v) is 1.55. The van der Waals surface area contributed by atoms with E-state index in [-0.39, 0.29) is 16.3 Å². The topological polar surface area (TPSA) is 35.0 Å². The van der Waals surface area contributed by atoms with Crippen LogP contribution in [0.1, 0.15) is 25.6 Å². The average Bonchev–Trinajstić information content (AvgIpc) is 2.22. The van der Waals surface area contributed by atoms with Gasteiger partial charge in [-0.1, -0.05) is 13.8 Å². The molecule has 1 heterocycles. The highest BCUT2D eigenvalue weighted by Gasteiger charge is 2.59. The first-order valence-corrected chi connectivity index (χ1v) is 6.05. The molecule has 0 bridgehead atoms. The Kier molecular flexibility index (Phi) is 4.88. The molecule has 1 aromatic heterocycles. The first kappa shape index (κ1) is 17.0. The van der Waals surface area contributed by atoms with Crippen LogP contribution in [0, 0.1) is 0 Å². The quantitative estimate of drug-likeness (QED) is 0.592. The van der Waals surface area contributed by atoms with Gasteiger partial charge in [0.2, 0.25) is 5.88 Å². The van der Waals surface area contributed by atoms with E-state index in [0.29, 0.717) is 0 Å². The predicted molar refractivity (Wildman–Crippen MR) is 60.3 cm³/mol. The summed E-state index contributed by atoms with van der Waals surface area (Å²) >= 11 is 2.88. The Morgan fingerprint density at radius 3 is 1.95 bits per heavy atom. The Balaban J connectivity index is 3.12. The van der Waals surface area contributed by atoms with Crippen molar-refractivity contribution in [3.63, 3.8) is 0 Å². The van der Waals surface area contributed by atoms with Crippen molar-refractivity contribution >= 4 is 15.9 Å². The molecule has 0 saturated heterocycles. The maximum Gasteiger partial charge on any atom is 0.434 e. The van der Waals surface area contributed by atoms with Crippen molar-refractivity contribution in [3.05, 3.63) is 16.5 Å². The summed E-state index contributed by atoms with van der Waals surface area (Å²) in [5.74, 6) is -1.02. The molecule has 0 N–H and O–H groups in total. The molecular formula is C10H9BrF6N2O. The van der Waals surface area contributed by atoms with E-state index in [1.807, 2.05) is 0 Å². The monoisotopic (exact) mass is 366 g/mol. The van der Waals surface area contributed by atoms with Crippen molar-refractivity contribution < 1.29 is 31.1 Å². The second kappa shape index (κ2) is 5.74. The summed E-state index contributed by atoms with van der Waals surface area (Å²) < 4.78 is 78.2. The van der Waals surface area contributed by atoms with Gasteiger partial charge < -0.3 is 4.74 Å². The van der Waals surface area contributed by atoms with E-state index in [1.165, 1.54) is 0 Å². The Labute approximate surface area is 118 Å². The highest BCUT2D eigenvalue weighted by atomic mass is 79.9. The van der Waals surface area contributed by atoms with Crippen LogP contribution in [0.5, 0.6) is 5.88 Å². The van der Waals surface area contributed by atoms with Gasteiger partial charge in [0.25, 0.3) is 6.10 Å². The van der Waals surface area contributed by atoms with Gasteiger partial charge in [0.15, 0.2) is 0 Å². The van der Waals surface area contributed by atoms with Crippen LogP contribution < -0.4 is 4.74 Å². The second-order valence-electron chi connectivity index (χ2n) is 4.12. The number of aromatic nitrogens is 2. The van der Waals surface area contributed by atoms with Crippen LogP contribution in [0.4, 0.5) is 26.3 Å². The summed E-state index contributed by atoms with van der Waals surface area (Å²) in [5.41, 5.74) is 0. The van der Waals surface area contributed by atoms with Gasteiger partial charge in [0, 0.05) is 12.0 Å². The van der Waals surface area contributed by atoms with Gasteiger partial charge in [-0.25, -0.2) is 4.98 Å². The molecule has 0 aliphatic heterocycles. The molecule has 3 nitrogen and oxygen atoms in total. The lowest BCUT2D eigenvalue weighted by Gasteiger charge is -2.23. The summed E-state index contributed by atoms with van der Waals surface area (Å²) in [6, 6.07) is 0.844. The van der Waals surface area contributed by atoms with E-state index in [0.717, 1.165) is 6.07 Å². The normalized spacial score (nSPS) is 13.2. The predicted octanol–water partition coefficient (Wildman–Crippen LogP) is 4.23. The van der Waals surface area contributed by atoms with Crippen molar-refractivity contribution in [2.45, 2.75) is 38.2 Å². The lowest BCUT2D eigenvalue weighted by molar-refractivity contribution is -0.300. The van der Waals surface area contributed by atoms with Gasteiger partial charge in [0.1, 0.15) is 10.4 Å². The number of hydrogen-bond donors (Lipinski definition) is 0. The van der Waals surface area contributed by atoms with E-state index in [1.54, 1.807) is 13.8 Å². The molecule has 1 rings (SSSR count). The number of ether oxygens (including phenoxy) is 1. The number of halogens is 7. The number of alkyl halides is 6. The van der Waals surface area contributed by atoms with E-state index in [9.17, 15) is 26.3 Å². The highest BCUT2D eigenvalue weighted by Crippen LogP contribution is 2.36. The standard InChI is InChI=1S/C10H9BrF6N2O/c1-4(2)7-18-5(11)3-6(19-7)20-8(9(12,13)14)10(15,16)17/h3-4,8H,1-2H3. The fraction of sp³-hybridized carbons (Fsp3) is 0.600. The molecule has 0 unspecified atom stereocenters. The maximum atomic E-state index is 12.4. The minimum atomic E-state index is -5.59. The third-order valence-corrected chi connectivity index (χ3v) is 2.44. The van der Waals surface area contributed by atoms with Gasteiger partial charge in [-0.3, -0.25) is 0 Å². The van der Waals surface area contributed by atoms with Crippen molar-refractivity contribution in [2.24, 2.45) is 0 Å². The highest BCUT2D eigenvalue weighted by molar-refractivity contribution is 9.10. The van der Waals surface area contributed by atoms with Crippen LogP contribution >= 0.6 is 15.9 Å². The van der Waals surface area contributed by atoms with Crippen LogP contribution in [-0.4, -0.2) is 28.4 Å². The molecule has 20 heavy (non-hydrogen) atoms. The van der Waals surface area contributed by atoms with E-state index >= 15 is 0 Å². The molecule has 0 spiro atoms. The minimum absolute atomic E-state index is 0.0364. The molecule has 0 saturated carbocycles. The maximum absolute atomic E-state index is 12.4. The summed E-state index contributed by atoms with van der Waals surface area (Å²) in [5, 5.41) is 0. The molecule has 1 aromatic rings. The number of rotatable bonds is 3. The average molecular weight is 367 g/mol. The molecule has 0 amide bonds. The molecule has 0 aliphatic carbocycles. The summed E-state index contributed by atoms with van der Waals surface area (Å²) in [7, 11) is 0. The third kappa shape index (κ3) is 4.50. The molecule has 0 aliphatic rings. The van der Waals surface area contributed by atoms with E-state index < -0.39 is 24.3 Å². The van der Waals surface area contributed by atoms with Gasteiger partial charge in [-0.05, 0) is 15.9 Å². The molecule has 0 aromatic carbocycles. The number of hydrogen-bond acceptors (Lipinski definition) is 3. The lowest BCUT2D eigenvalue weighted by Crippen LogP contribution is -2.46. The van der Waals surface area contributed by atoms with E-state index in [2.05, 4.69) is 30.6 Å². The molecular weight excluding hydrogens is 358 g/mol. The van der Waals surface area contributed by atoms with Crippen LogP contribution in [-0.2, 0) is 0 Å². The van der Waals surface area contributed by atoms with Gasteiger partial charge >= 0.3 is 12.4 Å². The minimum Gasteiger partial charge on any atom is -0.455 e. The van der Waals surface area contributed by atoms with Crippen LogP contribution in [0.15, 0.2) is 10.7 Å². The van der Waals surface area contributed by atoms with Gasteiger partial charge in [-0.2, -0.15) is 31.3 Å². The second-order valence-corrected chi connectivity index (χ2v) is 4.94. The first-order chi connectivity index (χ1) is 8.91. The third-order valence-electron chi connectivity index (χ3n) is 2.04. The Morgan fingerprint density at radius 1 is 1.05 bits per heavy atom. The smallest absolute Gasteiger partial charge is 0.434 e. The Morgan fingerprint density at radius 2 is 1.55 bits per heavy atom. The molecule has 0 radical (unpaired) electrons. The van der Waals surface area contributed by atoms with Crippen molar-refractivity contribution in [1.29, 1.82) is 0 Å². The van der Waals surface area contributed by atoms with Crippen molar-refractivity contribution in [2.75, 3.05) is 0 Å².